The highest BCUT2D eigenvalue weighted by Gasteiger charge is 2.24. The van der Waals surface area contributed by atoms with Gasteiger partial charge < -0.3 is 15.4 Å². The van der Waals surface area contributed by atoms with Gasteiger partial charge in [0.1, 0.15) is 5.75 Å². The molecule has 23 heavy (non-hydrogen) atoms. The molecule has 2 aromatic rings. The van der Waals surface area contributed by atoms with E-state index in [9.17, 15) is 4.79 Å². The molecule has 1 amide bonds. The first kappa shape index (κ1) is 17.3. The van der Waals surface area contributed by atoms with Crippen LogP contribution >= 0.6 is 12.4 Å². The molecular formula is C18H21ClN2O2. The van der Waals surface area contributed by atoms with Crippen LogP contribution in [0.3, 0.4) is 0 Å². The van der Waals surface area contributed by atoms with E-state index in [1.54, 1.807) is 7.11 Å². The van der Waals surface area contributed by atoms with Crippen molar-refractivity contribution in [2.45, 2.75) is 25.9 Å². The number of nitrogens with one attached hydrogen (secondary N) is 2. The highest BCUT2D eigenvalue weighted by atomic mass is 35.5. The first-order valence-electron chi connectivity index (χ1n) is 7.43. The van der Waals surface area contributed by atoms with Gasteiger partial charge in [0.05, 0.1) is 18.8 Å². The summed E-state index contributed by atoms with van der Waals surface area (Å²) < 4.78 is 5.31. The number of carbonyl (C=O) groups excluding carboxylic acids is 1. The van der Waals surface area contributed by atoms with Crippen LogP contribution in [0.25, 0.3) is 0 Å². The Balaban J connectivity index is 0.00000192. The van der Waals surface area contributed by atoms with Crippen LogP contribution < -0.4 is 15.4 Å². The summed E-state index contributed by atoms with van der Waals surface area (Å²) in [4.78, 5) is 12.5. The van der Waals surface area contributed by atoms with Crippen molar-refractivity contribution in [1.29, 1.82) is 0 Å². The van der Waals surface area contributed by atoms with E-state index in [0.29, 0.717) is 17.9 Å². The predicted molar refractivity (Wildman–Crippen MR) is 94.4 cm³/mol. The molecule has 1 aliphatic rings. The highest BCUT2D eigenvalue weighted by molar-refractivity contribution is 5.96. The van der Waals surface area contributed by atoms with Crippen LogP contribution in [-0.2, 0) is 17.8 Å². The summed E-state index contributed by atoms with van der Waals surface area (Å²) in [6.07, 6.45) is 0.705. The molecule has 1 heterocycles. The minimum Gasteiger partial charge on any atom is -0.495 e. The standard InChI is InChI=1S/C18H20N2O2.ClH/c1-12-7-8-17(22-2)15(9-12)20-18(21)16-10-13-5-3-4-6-14(13)11-19-16;/h3-9,16,19H,10-11H2,1-2H3,(H,20,21);1H/t16-;/m0./s1. The summed E-state index contributed by atoms with van der Waals surface area (Å²) in [6, 6.07) is 13.8. The third kappa shape index (κ3) is 3.84. The zero-order valence-electron chi connectivity index (χ0n) is 13.3. The van der Waals surface area contributed by atoms with Crippen LogP contribution in [0.4, 0.5) is 5.69 Å². The molecule has 1 atom stereocenters. The fraction of sp³-hybridized carbons (Fsp3) is 0.278. The van der Waals surface area contributed by atoms with E-state index in [1.165, 1.54) is 11.1 Å². The minimum absolute atomic E-state index is 0. The van der Waals surface area contributed by atoms with E-state index in [-0.39, 0.29) is 24.4 Å². The molecule has 2 aromatic carbocycles. The van der Waals surface area contributed by atoms with E-state index < -0.39 is 0 Å². The Hall–Kier alpha value is -2.04. The predicted octanol–water partition coefficient (Wildman–Crippen LogP) is 3.08. The molecule has 4 nitrogen and oxygen atoms in total. The Labute approximate surface area is 142 Å². The number of anilines is 1. The van der Waals surface area contributed by atoms with E-state index in [1.807, 2.05) is 37.3 Å². The molecular weight excluding hydrogens is 312 g/mol. The average Bonchev–Trinajstić information content (AvgIpc) is 2.54. The number of methoxy groups -OCH3 is 1. The minimum atomic E-state index is -0.222. The fourth-order valence-corrected chi connectivity index (χ4v) is 2.78. The molecule has 1 aliphatic heterocycles. The number of halogens is 1. The smallest absolute Gasteiger partial charge is 0.241 e. The van der Waals surface area contributed by atoms with Crippen molar-refractivity contribution >= 4 is 24.0 Å². The summed E-state index contributed by atoms with van der Waals surface area (Å²) in [6.45, 7) is 2.71. The molecule has 122 valence electrons. The summed E-state index contributed by atoms with van der Waals surface area (Å²) in [5.41, 5.74) is 4.29. The maximum Gasteiger partial charge on any atom is 0.241 e. The quantitative estimate of drug-likeness (QED) is 0.908. The summed E-state index contributed by atoms with van der Waals surface area (Å²) >= 11 is 0. The third-order valence-corrected chi connectivity index (χ3v) is 4.01. The first-order chi connectivity index (χ1) is 10.7. The van der Waals surface area contributed by atoms with Gasteiger partial charge in [0.15, 0.2) is 0 Å². The van der Waals surface area contributed by atoms with Gasteiger partial charge in [-0.15, -0.1) is 12.4 Å². The van der Waals surface area contributed by atoms with Gasteiger partial charge in [-0.1, -0.05) is 30.3 Å². The zero-order chi connectivity index (χ0) is 15.5. The Morgan fingerprint density at radius 1 is 1.22 bits per heavy atom. The largest absolute Gasteiger partial charge is 0.495 e. The van der Waals surface area contributed by atoms with Crippen molar-refractivity contribution < 1.29 is 9.53 Å². The summed E-state index contributed by atoms with van der Waals surface area (Å²) in [5, 5.41) is 6.27. The number of aryl methyl sites for hydroxylation is 1. The lowest BCUT2D eigenvalue weighted by atomic mass is 9.95. The van der Waals surface area contributed by atoms with Crippen molar-refractivity contribution in [3.8, 4) is 5.75 Å². The number of hydrogen-bond donors (Lipinski definition) is 2. The number of ether oxygens (including phenoxy) is 1. The Bertz CT molecular complexity index is 703. The molecule has 3 rings (SSSR count). The first-order valence-corrected chi connectivity index (χ1v) is 7.43. The fourth-order valence-electron chi connectivity index (χ4n) is 2.78. The molecule has 0 unspecified atom stereocenters. The van der Waals surface area contributed by atoms with Crippen LogP contribution in [0.1, 0.15) is 16.7 Å². The number of benzene rings is 2. The molecule has 0 aliphatic carbocycles. The maximum atomic E-state index is 12.5. The van der Waals surface area contributed by atoms with Crippen molar-refractivity contribution in [2.75, 3.05) is 12.4 Å². The SMILES string of the molecule is COc1ccc(C)cc1NC(=O)[C@@H]1Cc2ccccc2CN1.Cl. The number of rotatable bonds is 3. The summed E-state index contributed by atoms with van der Waals surface area (Å²) in [7, 11) is 1.61. The summed E-state index contributed by atoms with van der Waals surface area (Å²) in [5.74, 6) is 0.647. The van der Waals surface area contributed by atoms with Gasteiger partial charge >= 0.3 is 0 Å². The molecule has 0 bridgehead atoms. The lowest BCUT2D eigenvalue weighted by molar-refractivity contribution is -0.118. The topological polar surface area (TPSA) is 50.4 Å². The normalized spacial score (nSPS) is 16.0. The lowest BCUT2D eigenvalue weighted by Crippen LogP contribution is -2.44. The number of amides is 1. The molecule has 0 radical (unpaired) electrons. The van der Waals surface area contributed by atoms with Crippen LogP contribution in [-0.4, -0.2) is 19.1 Å². The molecule has 5 heteroatoms. The molecule has 2 N–H and O–H groups in total. The lowest BCUT2D eigenvalue weighted by Gasteiger charge is -2.25. The van der Waals surface area contributed by atoms with Crippen molar-refractivity contribution in [2.24, 2.45) is 0 Å². The Morgan fingerprint density at radius 3 is 2.70 bits per heavy atom. The van der Waals surface area contributed by atoms with Gasteiger partial charge in [-0.25, -0.2) is 0 Å². The number of fused-ring (bicyclic) bond motifs is 1. The monoisotopic (exact) mass is 332 g/mol. The van der Waals surface area contributed by atoms with Gasteiger partial charge in [0.25, 0.3) is 0 Å². The number of hydrogen-bond acceptors (Lipinski definition) is 3. The Kier molecular flexibility index (Phi) is 5.64. The number of carbonyl (C=O) groups is 1. The van der Waals surface area contributed by atoms with Crippen molar-refractivity contribution in [1.82, 2.24) is 5.32 Å². The average molecular weight is 333 g/mol. The van der Waals surface area contributed by atoms with Crippen LogP contribution in [0, 0.1) is 6.92 Å². The van der Waals surface area contributed by atoms with Gasteiger partial charge in [-0.2, -0.15) is 0 Å². The van der Waals surface area contributed by atoms with Crippen LogP contribution in [0.5, 0.6) is 5.75 Å². The zero-order valence-corrected chi connectivity index (χ0v) is 14.1. The third-order valence-electron chi connectivity index (χ3n) is 4.01. The van der Waals surface area contributed by atoms with Gasteiger partial charge in [0.2, 0.25) is 5.91 Å². The second kappa shape index (κ2) is 7.49. The molecule has 0 spiro atoms. The highest BCUT2D eigenvalue weighted by Crippen LogP contribution is 2.26. The van der Waals surface area contributed by atoms with Crippen LogP contribution in [0.2, 0.25) is 0 Å². The van der Waals surface area contributed by atoms with E-state index in [4.69, 9.17) is 4.74 Å². The molecule has 0 fully saturated rings. The second-order valence-electron chi connectivity index (χ2n) is 5.60. The van der Waals surface area contributed by atoms with E-state index in [0.717, 1.165) is 12.1 Å². The maximum absolute atomic E-state index is 12.5. The van der Waals surface area contributed by atoms with Crippen molar-refractivity contribution in [3.63, 3.8) is 0 Å². The van der Waals surface area contributed by atoms with Crippen molar-refractivity contribution in [3.05, 3.63) is 59.2 Å². The second-order valence-corrected chi connectivity index (χ2v) is 5.60. The van der Waals surface area contributed by atoms with E-state index in [2.05, 4.69) is 22.8 Å². The Morgan fingerprint density at radius 2 is 1.96 bits per heavy atom. The van der Waals surface area contributed by atoms with Crippen LogP contribution in [0.15, 0.2) is 42.5 Å². The van der Waals surface area contributed by atoms with Gasteiger partial charge in [0, 0.05) is 6.54 Å². The van der Waals surface area contributed by atoms with Gasteiger partial charge in [-0.05, 0) is 42.2 Å². The molecule has 0 saturated carbocycles. The van der Waals surface area contributed by atoms with E-state index >= 15 is 0 Å². The van der Waals surface area contributed by atoms with Gasteiger partial charge in [-0.3, -0.25) is 4.79 Å². The molecule has 0 aromatic heterocycles. The molecule has 0 saturated heterocycles.